The fourth-order valence-corrected chi connectivity index (χ4v) is 5.63. The van der Waals surface area contributed by atoms with Crippen LogP contribution in [-0.2, 0) is 14.3 Å². The number of hydrogen-bond donors (Lipinski definition) is 2. The first kappa shape index (κ1) is 47.1. The Morgan fingerprint density at radius 3 is 1.18 bits per heavy atom. The van der Waals surface area contributed by atoms with E-state index < -0.39 is 36.0 Å². The number of aliphatic hydroxyl groups excluding tert-OH is 2. The van der Waals surface area contributed by atoms with Crippen LogP contribution in [0.1, 0.15) is 142 Å². The molecule has 49 heavy (non-hydrogen) atoms. The van der Waals surface area contributed by atoms with Crippen molar-refractivity contribution in [3.8, 4) is 0 Å². The summed E-state index contributed by atoms with van der Waals surface area (Å²) < 4.78 is 5.38. The molecular formula is C42H68Cl2O5. The molecule has 0 saturated carbocycles. The quantitative estimate of drug-likeness (QED) is 0.0237. The number of alkyl halides is 2. The van der Waals surface area contributed by atoms with Gasteiger partial charge in [-0.15, -0.1) is 23.2 Å². The Balaban J connectivity index is 4.62. The van der Waals surface area contributed by atoms with Crippen LogP contribution in [-0.4, -0.2) is 46.1 Å². The molecule has 0 spiro atoms. The Bertz CT molecular complexity index is 892. The standard InChI is InChI=1S/C42H68Cl2O5/c1-3-5-7-9-11-13-15-17-19-21-23-25-27-29-31-37(33-39(45)35-43)41(47)49-42(48)38(34-40(46)36-44)32-30-28-26-24-22-20-18-16-14-12-10-8-6-4-2/h5-8,11-14,17-20,37-40,45-46H,3-4,9-10,15-16,21-36H2,1-2H3/b7-5-,8-6-,13-11-,14-12-,19-17-,20-18-. The van der Waals surface area contributed by atoms with Gasteiger partial charge in [0, 0.05) is 11.8 Å². The van der Waals surface area contributed by atoms with Crippen molar-refractivity contribution in [2.75, 3.05) is 11.8 Å². The first-order chi connectivity index (χ1) is 23.9. The lowest BCUT2D eigenvalue weighted by Crippen LogP contribution is -2.30. The van der Waals surface area contributed by atoms with Crippen molar-refractivity contribution in [2.45, 2.75) is 154 Å². The number of unbranched alkanes of at least 4 members (excludes halogenated alkanes) is 8. The summed E-state index contributed by atoms with van der Waals surface area (Å²) in [6.45, 7) is 4.27. The molecule has 0 aliphatic rings. The molecule has 0 bridgehead atoms. The molecule has 4 atom stereocenters. The van der Waals surface area contributed by atoms with Gasteiger partial charge in [0.25, 0.3) is 0 Å². The normalized spacial score (nSPS) is 15.1. The van der Waals surface area contributed by atoms with Crippen LogP contribution in [0.15, 0.2) is 72.9 Å². The highest BCUT2D eigenvalue weighted by atomic mass is 35.5. The van der Waals surface area contributed by atoms with Gasteiger partial charge in [0.15, 0.2) is 0 Å². The molecule has 0 aliphatic carbocycles. The summed E-state index contributed by atoms with van der Waals surface area (Å²) in [6, 6.07) is 0. The summed E-state index contributed by atoms with van der Waals surface area (Å²) in [6.07, 6.45) is 41.8. The van der Waals surface area contributed by atoms with Crippen LogP contribution in [0, 0.1) is 11.8 Å². The smallest absolute Gasteiger partial charge is 0.316 e. The number of hydrogen-bond acceptors (Lipinski definition) is 5. The molecule has 2 N–H and O–H groups in total. The Labute approximate surface area is 309 Å². The van der Waals surface area contributed by atoms with Gasteiger partial charge in [0.05, 0.1) is 24.0 Å². The summed E-state index contributed by atoms with van der Waals surface area (Å²) in [5.41, 5.74) is 0. The first-order valence-corrected chi connectivity index (χ1v) is 20.1. The van der Waals surface area contributed by atoms with Gasteiger partial charge in [0.1, 0.15) is 0 Å². The molecule has 0 saturated heterocycles. The predicted molar refractivity (Wildman–Crippen MR) is 210 cm³/mol. The van der Waals surface area contributed by atoms with E-state index in [-0.39, 0.29) is 24.6 Å². The molecule has 280 valence electrons. The summed E-state index contributed by atoms with van der Waals surface area (Å²) in [5, 5.41) is 20.4. The van der Waals surface area contributed by atoms with Gasteiger partial charge >= 0.3 is 11.9 Å². The number of halogens is 2. The van der Waals surface area contributed by atoms with Crippen LogP contribution in [0.25, 0.3) is 0 Å². The van der Waals surface area contributed by atoms with E-state index in [2.05, 4.69) is 86.8 Å². The van der Waals surface area contributed by atoms with Crippen molar-refractivity contribution in [1.29, 1.82) is 0 Å². The summed E-state index contributed by atoms with van der Waals surface area (Å²) in [7, 11) is 0. The highest BCUT2D eigenvalue weighted by Crippen LogP contribution is 2.23. The lowest BCUT2D eigenvalue weighted by atomic mass is 9.93. The topological polar surface area (TPSA) is 83.8 Å². The van der Waals surface area contributed by atoms with E-state index in [0.717, 1.165) is 103 Å². The average molecular weight is 724 g/mol. The monoisotopic (exact) mass is 722 g/mol. The minimum absolute atomic E-state index is 0.0169. The molecule has 0 aromatic heterocycles. The number of carbonyl (C=O) groups is 2. The second kappa shape index (κ2) is 35.9. The fourth-order valence-electron chi connectivity index (χ4n) is 5.38. The van der Waals surface area contributed by atoms with E-state index in [9.17, 15) is 19.8 Å². The largest absolute Gasteiger partial charge is 0.393 e. The molecule has 0 aliphatic heterocycles. The van der Waals surface area contributed by atoms with Crippen molar-refractivity contribution < 1.29 is 24.5 Å². The molecule has 0 aromatic carbocycles. The van der Waals surface area contributed by atoms with E-state index in [1.54, 1.807) is 0 Å². The van der Waals surface area contributed by atoms with Crippen molar-refractivity contribution in [3.63, 3.8) is 0 Å². The number of aliphatic hydroxyl groups is 2. The molecule has 0 heterocycles. The van der Waals surface area contributed by atoms with E-state index >= 15 is 0 Å². The zero-order valence-electron chi connectivity index (χ0n) is 30.7. The third-order valence-corrected chi connectivity index (χ3v) is 8.96. The second-order valence-electron chi connectivity index (χ2n) is 12.8. The summed E-state index contributed by atoms with van der Waals surface area (Å²) >= 11 is 11.7. The van der Waals surface area contributed by atoms with Gasteiger partial charge in [-0.1, -0.05) is 125 Å². The number of esters is 2. The Kier molecular flexibility index (Phi) is 34.5. The van der Waals surface area contributed by atoms with Crippen LogP contribution in [0.4, 0.5) is 0 Å². The average Bonchev–Trinajstić information content (AvgIpc) is 3.10. The van der Waals surface area contributed by atoms with Crippen LogP contribution >= 0.6 is 23.2 Å². The summed E-state index contributed by atoms with van der Waals surface area (Å²) in [5.74, 6) is -2.39. The Morgan fingerprint density at radius 2 is 0.837 bits per heavy atom. The van der Waals surface area contributed by atoms with E-state index in [4.69, 9.17) is 27.9 Å². The van der Waals surface area contributed by atoms with Gasteiger partial charge in [-0.2, -0.15) is 0 Å². The third kappa shape index (κ3) is 30.6. The number of allylic oxidation sites excluding steroid dienone is 12. The van der Waals surface area contributed by atoms with Gasteiger partial charge in [-0.3, -0.25) is 9.59 Å². The van der Waals surface area contributed by atoms with Crippen LogP contribution in [0.2, 0.25) is 0 Å². The van der Waals surface area contributed by atoms with E-state index in [1.165, 1.54) is 0 Å². The fraction of sp³-hybridized carbons (Fsp3) is 0.667. The highest BCUT2D eigenvalue weighted by Gasteiger charge is 2.29. The molecule has 0 radical (unpaired) electrons. The second-order valence-corrected chi connectivity index (χ2v) is 13.4. The van der Waals surface area contributed by atoms with Crippen molar-refractivity contribution in [1.82, 2.24) is 0 Å². The zero-order valence-corrected chi connectivity index (χ0v) is 32.2. The summed E-state index contributed by atoms with van der Waals surface area (Å²) in [4.78, 5) is 26.2. The van der Waals surface area contributed by atoms with Gasteiger partial charge < -0.3 is 14.9 Å². The number of rotatable bonds is 32. The Morgan fingerprint density at radius 1 is 0.510 bits per heavy atom. The van der Waals surface area contributed by atoms with Crippen LogP contribution in [0.3, 0.4) is 0 Å². The van der Waals surface area contributed by atoms with Crippen LogP contribution < -0.4 is 0 Å². The molecule has 4 unspecified atom stereocenters. The maximum Gasteiger partial charge on any atom is 0.316 e. The number of carbonyl (C=O) groups excluding carboxylic acids is 2. The lowest BCUT2D eigenvalue weighted by Gasteiger charge is -2.21. The molecule has 0 rings (SSSR count). The molecule has 0 fully saturated rings. The predicted octanol–water partition coefficient (Wildman–Crippen LogP) is 11.7. The molecule has 7 heteroatoms. The minimum Gasteiger partial charge on any atom is -0.393 e. The molecular weight excluding hydrogens is 655 g/mol. The van der Waals surface area contributed by atoms with Crippen molar-refractivity contribution in [2.24, 2.45) is 11.8 Å². The highest BCUT2D eigenvalue weighted by molar-refractivity contribution is 6.18. The lowest BCUT2D eigenvalue weighted by molar-refractivity contribution is -0.167. The molecule has 5 nitrogen and oxygen atoms in total. The minimum atomic E-state index is -0.843. The van der Waals surface area contributed by atoms with E-state index in [1.807, 2.05) is 0 Å². The first-order valence-electron chi connectivity index (χ1n) is 19.0. The molecule has 0 amide bonds. The van der Waals surface area contributed by atoms with Gasteiger partial charge in [-0.25, -0.2) is 0 Å². The maximum absolute atomic E-state index is 13.1. The third-order valence-electron chi connectivity index (χ3n) is 8.24. The Hall–Kier alpha value is -1.92. The van der Waals surface area contributed by atoms with Gasteiger partial charge in [0.2, 0.25) is 0 Å². The SMILES string of the molecule is CC/C=C\C/C=C\C/C=C\CCCCCCC(CC(O)CCl)C(=O)OC(=O)C(CCCCCC/C=C\C/C=C\C/C=C\CC)CC(O)CCl. The van der Waals surface area contributed by atoms with E-state index in [0.29, 0.717) is 12.8 Å². The van der Waals surface area contributed by atoms with Crippen molar-refractivity contribution in [3.05, 3.63) is 72.9 Å². The van der Waals surface area contributed by atoms with Crippen LogP contribution in [0.5, 0.6) is 0 Å². The maximum atomic E-state index is 13.1. The molecule has 0 aromatic rings. The van der Waals surface area contributed by atoms with Gasteiger partial charge in [-0.05, 0) is 89.9 Å². The van der Waals surface area contributed by atoms with Crippen molar-refractivity contribution >= 4 is 35.1 Å². The number of ether oxygens (including phenoxy) is 1. The zero-order chi connectivity index (χ0) is 36.2.